The first kappa shape index (κ1) is 13.4. The molecule has 0 aromatic heterocycles. The molecule has 1 N–H and O–H groups in total. The van der Waals surface area contributed by atoms with E-state index in [-0.39, 0.29) is 0 Å². The van der Waals surface area contributed by atoms with Crippen LogP contribution in [-0.4, -0.2) is 13.6 Å². The van der Waals surface area contributed by atoms with Crippen molar-refractivity contribution in [3.63, 3.8) is 0 Å². The van der Waals surface area contributed by atoms with Crippen LogP contribution in [0.1, 0.15) is 30.4 Å². The predicted molar refractivity (Wildman–Crippen MR) is 86.0 cm³/mol. The highest BCUT2D eigenvalue weighted by atomic mass is 14.8. The summed E-state index contributed by atoms with van der Waals surface area (Å²) in [4.78, 5) is 0. The van der Waals surface area contributed by atoms with Crippen LogP contribution < -0.4 is 5.32 Å². The predicted octanol–water partition coefficient (Wildman–Crippen LogP) is 4.24. The minimum Gasteiger partial charge on any atom is -0.320 e. The summed E-state index contributed by atoms with van der Waals surface area (Å²) in [5.74, 6) is 1.49. The Bertz CT molecular complexity index is 574. The molecule has 0 spiro atoms. The molecule has 1 nitrogen and oxygen atoms in total. The summed E-state index contributed by atoms with van der Waals surface area (Å²) in [5.41, 5.74) is 5.81. The SMILES string of the molecule is CNCCC1c2ccc(-c3ccccc3)cc2C[C@H]1C. The number of rotatable bonds is 4. The van der Waals surface area contributed by atoms with E-state index in [1.54, 1.807) is 11.1 Å². The zero-order valence-corrected chi connectivity index (χ0v) is 12.4. The third-order valence-electron chi connectivity index (χ3n) is 4.58. The van der Waals surface area contributed by atoms with Gasteiger partial charge in [-0.15, -0.1) is 0 Å². The minimum atomic E-state index is 0.724. The van der Waals surface area contributed by atoms with Gasteiger partial charge in [0.2, 0.25) is 0 Å². The summed E-state index contributed by atoms with van der Waals surface area (Å²) < 4.78 is 0. The van der Waals surface area contributed by atoms with Gasteiger partial charge in [0.25, 0.3) is 0 Å². The van der Waals surface area contributed by atoms with Crippen LogP contribution >= 0.6 is 0 Å². The van der Waals surface area contributed by atoms with Gasteiger partial charge >= 0.3 is 0 Å². The summed E-state index contributed by atoms with van der Waals surface area (Å²) >= 11 is 0. The van der Waals surface area contributed by atoms with E-state index in [4.69, 9.17) is 0 Å². The van der Waals surface area contributed by atoms with E-state index in [0.717, 1.165) is 18.4 Å². The van der Waals surface area contributed by atoms with E-state index < -0.39 is 0 Å². The van der Waals surface area contributed by atoms with Crippen LogP contribution in [0.4, 0.5) is 0 Å². The van der Waals surface area contributed by atoms with Crippen LogP contribution in [0.2, 0.25) is 0 Å². The Morgan fingerprint density at radius 3 is 2.60 bits per heavy atom. The smallest absolute Gasteiger partial charge is 0.00460 e. The average Bonchev–Trinajstić information content (AvgIpc) is 2.80. The van der Waals surface area contributed by atoms with Gasteiger partial charge in [-0.25, -0.2) is 0 Å². The van der Waals surface area contributed by atoms with E-state index in [1.807, 2.05) is 7.05 Å². The standard InChI is InChI=1S/C19H23N/c1-14-12-17-13-16(15-6-4-3-5-7-15)8-9-19(17)18(14)10-11-20-2/h3-9,13-14,18,20H,10-12H2,1-2H3/t14-,18?/m1/s1. The Morgan fingerprint density at radius 2 is 1.85 bits per heavy atom. The fourth-order valence-electron chi connectivity index (χ4n) is 3.49. The van der Waals surface area contributed by atoms with Gasteiger partial charge < -0.3 is 5.32 Å². The molecule has 0 radical (unpaired) electrons. The second-order valence-corrected chi connectivity index (χ2v) is 5.96. The Morgan fingerprint density at radius 1 is 1.05 bits per heavy atom. The normalized spacial score (nSPS) is 20.9. The molecule has 1 heteroatoms. The van der Waals surface area contributed by atoms with Crippen molar-refractivity contribution in [3.05, 3.63) is 59.7 Å². The van der Waals surface area contributed by atoms with Crippen LogP contribution in [0, 0.1) is 5.92 Å². The van der Waals surface area contributed by atoms with Crippen LogP contribution in [0.25, 0.3) is 11.1 Å². The van der Waals surface area contributed by atoms with Crippen LogP contribution in [0.3, 0.4) is 0 Å². The van der Waals surface area contributed by atoms with Crippen molar-refractivity contribution in [2.24, 2.45) is 5.92 Å². The highest BCUT2D eigenvalue weighted by molar-refractivity contribution is 5.65. The lowest BCUT2D eigenvalue weighted by atomic mass is 9.90. The Hall–Kier alpha value is -1.60. The molecular weight excluding hydrogens is 242 g/mol. The van der Waals surface area contributed by atoms with Crippen molar-refractivity contribution in [1.82, 2.24) is 5.32 Å². The van der Waals surface area contributed by atoms with Crippen molar-refractivity contribution in [1.29, 1.82) is 0 Å². The maximum atomic E-state index is 3.28. The molecule has 2 aromatic rings. The Labute approximate surface area is 122 Å². The van der Waals surface area contributed by atoms with Gasteiger partial charge in [-0.1, -0.05) is 55.5 Å². The second-order valence-electron chi connectivity index (χ2n) is 5.96. The summed E-state index contributed by atoms with van der Waals surface area (Å²) in [6.45, 7) is 3.50. The molecule has 0 heterocycles. The summed E-state index contributed by atoms with van der Waals surface area (Å²) in [6.07, 6.45) is 2.47. The molecule has 0 amide bonds. The topological polar surface area (TPSA) is 12.0 Å². The van der Waals surface area contributed by atoms with Gasteiger partial charge in [0.05, 0.1) is 0 Å². The molecule has 0 bridgehead atoms. The molecule has 0 saturated heterocycles. The number of hydrogen-bond acceptors (Lipinski definition) is 1. The molecule has 2 atom stereocenters. The van der Waals surface area contributed by atoms with E-state index in [9.17, 15) is 0 Å². The monoisotopic (exact) mass is 265 g/mol. The van der Waals surface area contributed by atoms with Gasteiger partial charge in [-0.3, -0.25) is 0 Å². The highest BCUT2D eigenvalue weighted by Crippen LogP contribution is 2.41. The minimum absolute atomic E-state index is 0.724. The first-order chi connectivity index (χ1) is 9.79. The third kappa shape index (κ3) is 2.51. The first-order valence-corrected chi connectivity index (χ1v) is 7.62. The maximum absolute atomic E-state index is 3.28. The lowest BCUT2D eigenvalue weighted by molar-refractivity contribution is 0.463. The van der Waals surface area contributed by atoms with Gasteiger partial charge in [-0.05, 0) is 60.5 Å². The molecule has 0 saturated carbocycles. The summed E-state index contributed by atoms with van der Waals surface area (Å²) in [5, 5.41) is 3.28. The molecule has 0 fully saturated rings. The van der Waals surface area contributed by atoms with Crippen LogP contribution in [0.15, 0.2) is 48.5 Å². The van der Waals surface area contributed by atoms with E-state index in [2.05, 4.69) is 60.8 Å². The van der Waals surface area contributed by atoms with Gasteiger partial charge in [0.1, 0.15) is 0 Å². The first-order valence-electron chi connectivity index (χ1n) is 7.62. The lowest BCUT2D eigenvalue weighted by Gasteiger charge is -2.16. The van der Waals surface area contributed by atoms with E-state index in [0.29, 0.717) is 0 Å². The molecule has 0 aliphatic heterocycles. The zero-order chi connectivity index (χ0) is 13.9. The highest BCUT2D eigenvalue weighted by Gasteiger charge is 2.28. The average molecular weight is 265 g/mol. The number of hydrogen-bond donors (Lipinski definition) is 1. The fourth-order valence-corrected chi connectivity index (χ4v) is 3.49. The lowest BCUT2D eigenvalue weighted by Crippen LogP contribution is -2.14. The van der Waals surface area contributed by atoms with Crippen molar-refractivity contribution < 1.29 is 0 Å². The largest absolute Gasteiger partial charge is 0.320 e. The van der Waals surface area contributed by atoms with Gasteiger partial charge in [0, 0.05) is 0 Å². The van der Waals surface area contributed by atoms with Crippen molar-refractivity contribution in [2.45, 2.75) is 25.7 Å². The molecule has 1 unspecified atom stereocenters. The second kappa shape index (κ2) is 5.80. The third-order valence-corrected chi connectivity index (χ3v) is 4.58. The molecule has 104 valence electrons. The van der Waals surface area contributed by atoms with Crippen molar-refractivity contribution in [3.8, 4) is 11.1 Å². The van der Waals surface area contributed by atoms with Crippen LogP contribution in [0.5, 0.6) is 0 Å². The summed E-state index contributed by atoms with van der Waals surface area (Å²) in [6, 6.07) is 17.7. The van der Waals surface area contributed by atoms with E-state index in [1.165, 1.54) is 24.0 Å². The number of nitrogens with one attached hydrogen (secondary N) is 1. The number of fused-ring (bicyclic) bond motifs is 1. The molecule has 3 rings (SSSR count). The van der Waals surface area contributed by atoms with Crippen molar-refractivity contribution in [2.75, 3.05) is 13.6 Å². The maximum Gasteiger partial charge on any atom is -0.00460 e. The molecule has 1 aliphatic carbocycles. The molecule has 1 aliphatic rings. The van der Waals surface area contributed by atoms with E-state index >= 15 is 0 Å². The van der Waals surface area contributed by atoms with Gasteiger partial charge in [-0.2, -0.15) is 0 Å². The number of benzene rings is 2. The summed E-state index contributed by atoms with van der Waals surface area (Å²) in [7, 11) is 2.04. The molecule has 20 heavy (non-hydrogen) atoms. The Balaban J connectivity index is 1.90. The fraction of sp³-hybridized carbons (Fsp3) is 0.368. The van der Waals surface area contributed by atoms with Gasteiger partial charge in [0.15, 0.2) is 0 Å². The quantitative estimate of drug-likeness (QED) is 0.872. The van der Waals surface area contributed by atoms with Crippen molar-refractivity contribution >= 4 is 0 Å². The Kier molecular flexibility index (Phi) is 3.88. The van der Waals surface area contributed by atoms with Crippen LogP contribution in [-0.2, 0) is 6.42 Å². The zero-order valence-electron chi connectivity index (χ0n) is 12.4. The molecule has 2 aromatic carbocycles. The molecular formula is C19H23N.